The van der Waals surface area contributed by atoms with Crippen LogP contribution in [0.2, 0.25) is 0 Å². The molecule has 1 rings (SSSR count). The normalized spacial score (nSPS) is 20.6. The highest BCUT2D eigenvalue weighted by molar-refractivity contribution is 7.81. The zero-order valence-electron chi connectivity index (χ0n) is 9.29. The van der Waals surface area contributed by atoms with Crippen LogP contribution in [0.5, 0.6) is 0 Å². The van der Waals surface area contributed by atoms with Gasteiger partial charge in [0.2, 0.25) is 5.91 Å². The Kier molecular flexibility index (Phi) is 4.30. The summed E-state index contributed by atoms with van der Waals surface area (Å²) in [5, 5.41) is 2.80. The predicted octanol–water partition coefficient (Wildman–Crippen LogP) is 2.10. The van der Waals surface area contributed by atoms with Crippen molar-refractivity contribution in [3.63, 3.8) is 0 Å². The highest BCUT2D eigenvalue weighted by Gasteiger charge is 2.28. The van der Waals surface area contributed by atoms with Gasteiger partial charge in [0.25, 0.3) is 0 Å². The monoisotopic (exact) mass is 215 g/mol. The molecule has 2 unspecified atom stereocenters. The molecular formula is C11H21NOS. The van der Waals surface area contributed by atoms with Gasteiger partial charge in [0.1, 0.15) is 0 Å². The van der Waals surface area contributed by atoms with Crippen LogP contribution >= 0.6 is 12.6 Å². The summed E-state index contributed by atoms with van der Waals surface area (Å²) in [7, 11) is 0. The van der Waals surface area contributed by atoms with Crippen molar-refractivity contribution >= 4 is 18.5 Å². The van der Waals surface area contributed by atoms with Crippen molar-refractivity contribution in [1.82, 2.24) is 5.32 Å². The zero-order chi connectivity index (χ0) is 10.7. The van der Waals surface area contributed by atoms with Crippen LogP contribution in [0.1, 0.15) is 33.6 Å². The van der Waals surface area contributed by atoms with Gasteiger partial charge >= 0.3 is 0 Å². The van der Waals surface area contributed by atoms with Crippen LogP contribution in [-0.2, 0) is 4.79 Å². The summed E-state index contributed by atoms with van der Waals surface area (Å²) < 4.78 is 0. The molecule has 0 aliphatic heterocycles. The molecule has 1 N–H and O–H groups in total. The van der Waals surface area contributed by atoms with Gasteiger partial charge in [0, 0.05) is 6.54 Å². The summed E-state index contributed by atoms with van der Waals surface area (Å²) in [6.45, 7) is 7.05. The van der Waals surface area contributed by atoms with E-state index in [4.69, 9.17) is 0 Å². The Balaban J connectivity index is 2.19. The second-order valence-electron chi connectivity index (χ2n) is 4.75. The molecule has 2 atom stereocenters. The van der Waals surface area contributed by atoms with Crippen LogP contribution in [0.4, 0.5) is 0 Å². The fraction of sp³-hybridized carbons (Fsp3) is 0.909. The summed E-state index contributed by atoms with van der Waals surface area (Å²) in [5.41, 5.74) is 0. The minimum atomic E-state index is -0.165. The highest BCUT2D eigenvalue weighted by Crippen LogP contribution is 2.36. The van der Waals surface area contributed by atoms with Crippen molar-refractivity contribution in [1.29, 1.82) is 0 Å². The lowest BCUT2D eigenvalue weighted by Gasteiger charge is -2.17. The number of rotatable bonds is 5. The minimum Gasteiger partial charge on any atom is -0.355 e. The standard InChI is InChI=1S/C11H21NOS/c1-7(2)10(14)11(13)12-6-8(3)9-4-5-9/h7-10,14H,4-6H2,1-3H3,(H,12,13). The molecule has 1 aliphatic carbocycles. The Morgan fingerprint density at radius 3 is 2.43 bits per heavy atom. The van der Waals surface area contributed by atoms with Gasteiger partial charge in [-0.15, -0.1) is 0 Å². The van der Waals surface area contributed by atoms with Crippen LogP contribution in [-0.4, -0.2) is 17.7 Å². The Hall–Kier alpha value is -0.180. The molecule has 1 amide bonds. The predicted molar refractivity (Wildman–Crippen MR) is 62.5 cm³/mol. The van der Waals surface area contributed by atoms with Crippen LogP contribution in [0, 0.1) is 17.8 Å². The molecule has 82 valence electrons. The second-order valence-corrected chi connectivity index (χ2v) is 5.31. The summed E-state index contributed by atoms with van der Waals surface area (Å²) in [4.78, 5) is 11.5. The minimum absolute atomic E-state index is 0.0795. The van der Waals surface area contributed by atoms with Crippen molar-refractivity contribution in [2.24, 2.45) is 17.8 Å². The molecular weight excluding hydrogens is 194 g/mol. The Morgan fingerprint density at radius 2 is 2.00 bits per heavy atom. The molecule has 0 saturated heterocycles. The first-order valence-corrected chi connectivity index (χ1v) is 5.99. The van der Waals surface area contributed by atoms with Crippen molar-refractivity contribution in [2.75, 3.05) is 6.54 Å². The smallest absolute Gasteiger partial charge is 0.233 e. The summed E-state index contributed by atoms with van der Waals surface area (Å²) in [6.07, 6.45) is 2.68. The topological polar surface area (TPSA) is 29.1 Å². The number of amides is 1. The van der Waals surface area contributed by atoms with Crippen LogP contribution in [0.25, 0.3) is 0 Å². The Morgan fingerprint density at radius 1 is 1.43 bits per heavy atom. The molecule has 0 bridgehead atoms. The molecule has 0 radical (unpaired) electrons. The quantitative estimate of drug-likeness (QED) is 0.676. The first kappa shape index (κ1) is 11.9. The van der Waals surface area contributed by atoms with E-state index in [1.54, 1.807) is 0 Å². The van der Waals surface area contributed by atoms with E-state index in [9.17, 15) is 4.79 Å². The number of carbonyl (C=O) groups excluding carboxylic acids is 1. The third-order valence-corrected chi connectivity index (χ3v) is 3.76. The van der Waals surface area contributed by atoms with Crippen LogP contribution in [0.3, 0.4) is 0 Å². The van der Waals surface area contributed by atoms with E-state index < -0.39 is 0 Å². The van der Waals surface area contributed by atoms with Crippen molar-refractivity contribution in [3.05, 3.63) is 0 Å². The van der Waals surface area contributed by atoms with Crippen LogP contribution < -0.4 is 5.32 Å². The van der Waals surface area contributed by atoms with E-state index in [1.807, 2.05) is 13.8 Å². The van der Waals surface area contributed by atoms with Gasteiger partial charge in [0.15, 0.2) is 0 Å². The van der Waals surface area contributed by atoms with E-state index in [1.165, 1.54) is 12.8 Å². The Labute approximate surface area is 92.2 Å². The van der Waals surface area contributed by atoms with Gasteiger partial charge in [-0.25, -0.2) is 0 Å². The van der Waals surface area contributed by atoms with Gasteiger partial charge in [-0.2, -0.15) is 12.6 Å². The molecule has 14 heavy (non-hydrogen) atoms. The average molecular weight is 215 g/mol. The molecule has 0 spiro atoms. The molecule has 1 fully saturated rings. The van der Waals surface area contributed by atoms with Crippen LogP contribution in [0.15, 0.2) is 0 Å². The number of carbonyl (C=O) groups is 1. The summed E-state index contributed by atoms with van der Waals surface area (Å²) in [6, 6.07) is 0. The fourth-order valence-corrected chi connectivity index (χ4v) is 1.59. The third-order valence-electron chi connectivity index (χ3n) is 2.93. The lowest BCUT2D eigenvalue weighted by Crippen LogP contribution is -2.37. The van der Waals surface area contributed by atoms with E-state index in [0.717, 1.165) is 12.5 Å². The van der Waals surface area contributed by atoms with Gasteiger partial charge in [0.05, 0.1) is 5.25 Å². The number of hydrogen-bond acceptors (Lipinski definition) is 2. The largest absolute Gasteiger partial charge is 0.355 e. The lowest BCUT2D eigenvalue weighted by molar-refractivity contribution is -0.121. The highest BCUT2D eigenvalue weighted by atomic mass is 32.1. The maximum atomic E-state index is 11.5. The second kappa shape index (κ2) is 5.06. The first-order valence-electron chi connectivity index (χ1n) is 5.48. The molecule has 1 aliphatic rings. The third kappa shape index (κ3) is 3.52. The average Bonchev–Trinajstić information content (AvgIpc) is 2.95. The SMILES string of the molecule is CC(C)C(S)C(=O)NCC(C)C1CC1. The molecule has 0 heterocycles. The summed E-state index contributed by atoms with van der Waals surface area (Å²) >= 11 is 4.28. The maximum Gasteiger partial charge on any atom is 0.233 e. The zero-order valence-corrected chi connectivity index (χ0v) is 10.2. The van der Waals surface area contributed by atoms with E-state index in [0.29, 0.717) is 11.8 Å². The van der Waals surface area contributed by atoms with Gasteiger partial charge in [-0.05, 0) is 30.6 Å². The molecule has 3 heteroatoms. The Bertz CT molecular complexity index is 201. The first-order chi connectivity index (χ1) is 6.52. The lowest BCUT2D eigenvalue weighted by atomic mass is 10.1. The maximum absolute atomic E-state index is 11.5. The fourth-order valence-electron chi connectivity index (χ4n) is 1.50. The van der Waals surface area contributed by atoms with Crippen molar-refractivity contribution in [3.8, 4) is 0 Å². The molecule has 0 aromatic heterocycles. The molecule has 0 aromatic rings. The van der Waals surface area contributed by atoms with Crippen molar-refractivity contribution in [2.45, 2.75) is 38.9 Å². The number of nitrogens with one attached hydrogen (secondary N) is 1. The summed E-state index contributed by atoms with van der Waals surface area (Å²) in [5.74, 6) is 1.87. The van der Waals surface area contributed by atoms with E-state index >= 15 is 0 Å². The number of hydrogen-bond donors (Lipinski definition) is 2. The van der Waals surface area contributed by atoms with Gasteiger partial charge in [-0.3, -0.25) is 4.79 Å². The van der Waals surface area contributed by atoms with Crippen molar-refractivity contribution < 1.29 is 4.79 Å². The molecule has 0 aromatic carbocycles. The van der Waals surface area contributed by atoms with E-state index in [2.05, 4.69) is 24.9 Å². The number of thiol groups is 1. The van der Waals surface area contributed by atoms with Gasteiger partial charge < -0.3 is 5.32 Å². The molecule has 2 nitrogen and oxygen atoms in total. The molecule has 1 saturated carbocycles. The van der Waals surface area contributed by atoms with Gasteiger partial charge in [-0.1, -0.05) is 20.8 Å². The van der Waals surface area contributed by atoms with E-state index in [-0.39, 0.29) is 11.2 Å².